The van der Waals surface area contributed by atoms with Crippen LogP contribution in [0.5, 0.6) is 0 Å². The standard InChI is InChI=1S/C68H134O7/c1-9-17-25-31-37-39-41-47-55-63(70-57-49-43-33-27-19-11-3)67(72-59-51-45-35-29-21-13-5)65(53-23-15-7)74-61-69-62-75-66(54-24-16-8)68(73-60-52-46-36-30-22-14-6)64(71-58-50-44-34-28-20-12-4)56-48-42-40-38-32-26-18-10-2/h65-66H,9-62H2,1-8H3. The molecule has 7 heteroatoms. The van der Waals surface area contributed by atoms with Crippen LogP contribution in [-0.4, -0.2) is 52.2 Å². The summed E-state index contributed by atoms with van der Waals surface area (Å²) in [5.74, 6) is 3.91. The molecule has 0 N–H and O–H groups in total. The quantitative estimate of drug-likeness (QED) is 0.0342. The van der Waals surface area contributed by atoms with E-state index in [1.807, 2.05) is 0 Å². The summed E-state index contributed by atoms with van der Waals surface area (Å²) >= 11 is 0. The van der Waals surface area contributed by atoms with Crippen molar-refractivity contribution in [3.8, 4) is 0 Å². The third kappa shape index (κ3) is 48.2. The molecular formula is C68H134O7. The average Bonchev–Trinajstić information content (AvgIpc) is 3.42. The van der Waals surface area contributed by atoms with Gasteiger partial charge in [-0.2, -0.15) is 0 Å². The van der Waals surface area contributed by atoms with E-state index in [0.717, 1.165) is 126 Å². The molecule has 0 aromatic rings. The van der Waals surface area contributed by atoms with Gasteiger partial charge in [-0.3, -0.25) is 0 Å². The Morgan fingerprint density at radius 2 is 0.467 bits per heavy atom. The van der Waals surface area contributed by atoms with Crippen molar-refractivity contribution >= 4 is 0 Å². The minimum absolute atomic E-state index is 0.137. The van der Waals surface area contributed by atoms with E-state index in [4.69, 9.17) is 33.2 Å². The van der Waals surface area contributed by atoms with Crippen LogP contribution in [0.15, 0.2) is 23.0 Å². The SMILES string of the molecule is CCCCCCCCCCC(OCCCCCCCC)=C(OCCCCCCCC)C(CCCC)OCOCOC(CCCC)C(OCCCCCCCC)=C(CCCCCCCCCC)OCCCCCCCC. The number of hydrogen-bond donors (Lipinski definition) is 0. The molecule has 2 unspecified atom stereocenters. The molecule has 7 nitrogen and oxygen atoms in total. The first-order chi connectivity index (χ1) is 37.1. The van der Waals surface area contributed by atoms with Crippen LogP contribution in [-0.2, 0) is 33.2 Å². The van der Waals surface area contributed by atoms with Crippen molar-refractivity contribution in [2.75, 3.05) is 40.0 Å². The molecule has 0 aliphatic carbocycles. The highest BCUT2D eigenvalue weighted by Gasteiger charge is 2.25. The third-order valence-electron chi connectivity index (χ3n) is 15.1. The minimum Gasteiger partial charge on any atom is -0.494 e. The van der Waals surface area contributed by atoms with Crippen LogP contribution in [0, 0.1) is 0 Å². The van der Waals surface area contributed by atoms with Gasteiger partial charge in [0.2, 0.25) is 0 Å². The Bertz CT molecular complexity index is 1080. The molecule has 0 aliphatic rings. The van der Waals surface area contributed by atoms with Gasteiger partial charge in [0.05, 0.1) is 26.4 Å². The van der Waals surface area contributed by atoms with Gasteiger partial charge < -0.3 is 33.2 Å². The molecular weight excluding hydrogens is 929 g/mol. The summed E-state index contributed by atoms with van der Waals surface area (Å²) in [7, 11) is 0. The Hall–Kier alpha value is -1.44. The highest BCUT2D eigenvalue weighted by atomic mass is 16.7. The van der Waals surface area contributed by atoms with E-state index in [2.05, 4.69) is 55.4 Å². The van der Waals surface area contributed by atoms with Crippen LogP contribution < -0.4 is 0 Å². The molecule has 0 amide bonds. The van der Waals surface area contributed by atoms with Crippen molar-refractivity contribution in [2.45, 2.75) is 376 Å². The Morgan fingerprint density at radius 1 is 0.240 bits per heavy atom. The van der Waals surface area contributed by atoms with E-state index in [1.165, 1.54) is 218 Å². The molecule has 75 heavy (non-hydrogen) atoms. The van der Waals surface area contributed by atoms with E-state index in [0.29, 0.717) is 13.2 Å². The maximum atomic E-state index is 6.91. The highest BCUT2D eigenvalue weighted by Crippen LogP contribution is 2.29. The van der Waals surface area contributed by atoms with Crippen LogP contribution in [0.25, 0.3) is 0 Å². The van der Waals surface area contributed by atoms with Gasteiger partial charge in [0.1, 0.15) is 23.7 Å². The Kier molecular flexibility index (Phi) is 60.6. The molecule has 448 valence electrons. The third-order valence-corrected chi connectivity index (χ3v) is 15.1. The predicted octanol–water partition coefficient (Wildman–Crippen LogP) is 23.1. The lowest BCUT2D eigenvalue weighted by atomic mass is 10.0. The molecule has 0 spiro atoms. The topological polar surface area (TPSA) is 64.6 Å². The highest BCUT2D eigenvalue weighted by molar-refractivity contribution is 5.09. The number of hydrogen-bond acceptors (Lipinski definition) is 7. The summed E-state index contributed by atoms with van der Waals surface area (Å²) in [4.78, 5) is 0. The molecule has 0 saturated heterocycles. The maximum Gasteiger partial charge on any atom is 0.162 e. The van der Waals surface area contributed by atoms with Crippen molar-refractivity contribution in [3.63, 3.8) is 0 Å². The first-order valence-electron chi connectivity index (χ1n) is 33.9. The molecule has 0 aromatic heterocycles. The maximum absolute atomic E-state index is 6.91. The lowest BCUT2D eigenvalue weighted by molar-refractivity contribution is -0.167. The van der Waals surface area contributed by atoms with Gasteiger partial charge in [-0.25, -0.2) is 0 Å². The molecule has 0 bridgehead atoms. The first kappa shape index (κ1) is 73.6. The second-order valence-corrected chi connectivity index (χ2v) is 22.5. The number of ether oxygens (including phenoxy) is 7. The van der Waals surface area contributed by atoms with E-state index in [1.54, 1.807) is 0 Å². The van der Waals surface area contributed by atoms with Crippen molar-refractivity contribution < 1.29 is 33.2 Å². The molecule has 0 rings (SSSR count). The smallest absolute Gasteiger partial charge is 0.162 e. The fourth-order valence-corrected chi connectivity index (χ4v) is 10.0. The van der Waals surface area contributed by atoms with Crippen LogP contribution in [0.1, 0.15) is 364 Å². The molecule has 0 radical (unpaired) electrons. The van der Waals surface area contributed by atoms with Gasteiger partial charge in [0, 0.05) is 12.8 Å². The van der Waals surface area contributed by atoms with Crippen LogP contribution >= 0.6 is 0 Å². The van der Waals surface area contributed by atoms with Crippen molar-refractivity contribution in [1.82, 2.24) is 0 Å². The minimum atomic E-state index is -0.223. The summed E-state index contributed by atoms with van der Waals surface area (Å²) in [5, 5.41) is 0. The average molecular weight is 1060 g/mol. The second-order valence-electron chi connectivity index (χ2n) is 22.5. The van der Waals surface area contributed by atoms with Gasteiger partial charge in [-0.15, -0.1) is 0 Å². The summed E-state index contributed by atoms with van der Waals surface area (Å²) in [6, 6.07) is 0. The fourth-order valence-electron chi connectivity index (χ4n) is 10.0. The zero-order valence-electron chi connectivity index (χ0n) is 52.2. The van der Waals surface area contributed by atoms with Gasteiger partial charge in [-0.05, 0) is 51.4 Å². The van der Waals surface area contributed by atoms with Gasteiger partial charge in [0.15, 0.2) is 25.1 Å². The number of rotatable bonds is 64. The monoisotopic (exact) mass is 1060 g/mol. The van der Waals surface area contributed by atoms with Crippen LogP contribution in [0.4, 0.5) is 0 Å². The summed E-state index contributed by atoms with van der Waals surface area (Å²) in [6.07, 6.45) is 57.9. The van der Waals surface area contributed by atoms with E-state index in [-0.39, 0.29) is 25.8 Å². The van der Waals surface area contributed by atoms with Crippen molar-refractivity contribution in [2.24, 2.45) is 0 Å². The number of unbranched alkanes of at least 4 members (excludes halogenated alkanes) is 36. The summed E-state index contributed by atoms with van der Waals surface area (Å²) in [6.45, 7) is 21.5. The van der Waals surface area contributed by atoms with Crippen LogP contribution in [0.2, 0.25) is 0 Å². The first-order valence-corrected chi connectivity index (χ1v) is 33.9. The second kappa shape index (κ2) is 61.8. The molecule has 0 aliphatic heterocycles. The van der Waals surface area contributed by atoms with E-state index >= 15 is 0 Å². The van der Waals surface area contributed by atoms with Gasteiger partial charge in [0.25, 0.3) is 0 Å². The van der Waals surface area contributed by atoms with Crippen LogP contribution in [0.3, 0.4) is 0 Å². The van der Waals surface area contributed by atoms with Crippen molar-refractivity contribution in [3.05, 3.63) is 23.0 Å². The lowest BCUT2D eigenvalue weighted by Gasteiger charge is -2.26. The molecule has 0 fully saturated rings. The molecule has 0 aromatic carbocycles. The van der Waals surface area contributed by atoms with Crippen molar-refractivity contribution in [1.29, 1.82) is 0 Å². The molecule has 0 heterocycles. The lowest BCUT2D eigenvalue weighted by Crippen LogP contribution is -2.25. The predicted molar refractivity (Wildman–Crippen MR) is 325 cm³/mol. The van der Waals surface area contributed by atoms with E-state index < -0.39 is 0 Å². The fraction of sp³-hybridized carbons (Fsp3) is 0.941. The summed E-state index contributed by atoms with van der Waals surface area (Å²) < 4.78 is 47.5. The zero-order valence-corrected chi connectivity index (χ0v) is 52.2. The Morgan fingerprint density at radius 3 is 0.733 bits per heavy atom. The van der Waals surface area contributed by atoms with Gasteiger partial charge >= 0.3 is 0 Å². The van der Waals surface area contributed by atoms with Gasteiger partial charge in [-0.1, -0.05) is 299 Å². The molecule has 0 saturated carbocycles. The Labute approximate surface area is 470 Å². The summed E-state index contributed by atoms with van der Waals surface area (Å²) in [5.41, 5.74) is 0. The normalized spacial score (nSPS) is 13.2. The molecule has 2 atom stereocenters. The largest absolute Gasteiger partial charge is 0.494 e. The number of allylic oxidation sites excluding steroid dienone is 2. The Balaban J connectivity index is 6.62. The zero-order chi connectivity index (χ0) is 54.6. The van der Waals surface area contributed by atoms with E-state index in [9.17, 15) is 0 Å².